The van der Waals surface area contributed by atoms with E-state index in [4.69, 9.17) is 10.2 Å². The molecule has 0 bridgehead atoms. The van der Waals surface area contributed by atoms with Gasteiger partial charge in [0.25, 0.3) is 5.91 Å². The number of para-hydroxylation sites is 1. The van der Waals surface area contributed by atoms with Gasteiger partial charge in [-0.2, -0.15) is 0 Å². The summed E-state index contributed by atoms with van der Waals surface area (Å²) in [7, 11) is 0. The number of carboxylic acid groups (broad SMARTS) is 1. The van der Waals surface area contributed by atoms with Gasteiger partial charge in [0.1, 0.15) is 5.69 Å². The molecule has 0 radical (unpaired) electrons. The number of fused-ring (bicyclic) bond motifs is 1. The maximum atomic E-state index is 11.7. The van der Waals surface area contributed by atoms with E-state index in [1.54, 1.807) is 18.2 Å². The predicted molar refractivity (Wildman–Crippen MR) is 67.7 cm³/mol. The zero-order chi connectivity index (χ0) is 13.8. The van der Waals surface area contributed by atoms with E-state index in [9.17, 15) is 9.59 Å². The molecule has 1 atom stereocenters. The summed E-state index contributed by atoms with van der Waals surface area (Å²) < 4.78 is 0. The SMILES string of the molecule is O=C(NCC(O)C(=O)O)c1ccc2ccccc2n1. The standard InChI is InChI=1S/C13H12N2O4/c16-11(13(18)19)7-14-12(17)10-6-5-8-3-1-2-4-9(8)15-10/h1-6,11,16H,7H2,(H,14,17)(H,18,19). The number of rotatable bonds is 4. The highest BCUT2D eigenvalue weighted by atomic mass is 16.4. The lowest BCUT2D eigenvalue weighted by Gasteiger charge is -2.07. The molecule has 0 saturated carbocycles. The molecule has 0 aliphatic heterocycles. The first-order chi connectivity index (χ1) is 9.08. The van der Waals surface area contributed by atoms with Gasteiger partial charge in [-0.3, -0.25) is 4.79 Å². The highest BCUT2D eigenvalue weighted by Crippen LogP contribution is 2.11. The molecule has 2 aromatic rings. The molecule has 6 heteroatoms. The van der Waals surface area contributed by atoms with Crippen LogP contribution in [-0.2, 0) is 4.79 Å². The van der Waals surface area contributed by atoms with Crippen molar-refractivity contribution in [1.29, 1.82) is 0 Å². The number of amides is 1. The average Bonchev–Trinajstić information content (AvgIpc) is 2.43. The number of pyridine rings is 1. The maximum Gasteiger partial charge on any atom is 0.334 e. The Kier molecular flexibility index (Phi) is 3.72. The van der Waals surface area contributed by atoms with Crippen LogP contribution < -0.4 is 5.32 Å². The zero-order valence-corrected chi connectivity index (χ0v) is 9.91. The molecule has 1 heterocycles. The third-order valence-electron chi connectivity index (χ3n) is 2.57. The van der Waals surface area contributed by atoms with Gasteiger partial charge in [-0.05, 0) is 12.1 Å². The molecule has 0 saturated heterocycles. The minimum Gasteiger partial charge on any atom is -0.479 e. The second-order valence-corrected chi connectivity index (χ2v) is 3.95. The Morgan fingerprint density at radius 2 is 1.95 bits per heavy atom. The smallest absolute Gasteiger partial charge is 0.334 e. The third-order valence-corrected chi connectivity index (χ3v) is 2.57. The molecule has 1 unspecified atom stereocenters. The van der Waals surface area contributed by atoms with E-state index in [1.165, 1.54) is 0 Å². The summed E-state index contributed by atoms with van der Waals surface area (Å²) in [4.78, 5) is 26.3. The zero-order valence-electron chi connectivity index (χ0n) is 9.91. The van der Waals surface area contributed by atoms with E-state index in [1.807, 2.05) is 18.2 Å². The van der Waals surface area contributed by atoms with Crippen molar-refractivity contribution in [2.75, 3.05) is 6.54 Å². The van der Waals surface area contributed by atoms with E-state index < -0.39 is 18.0 Å². The predicted octanol–water partition coefficient (Wildman–Crippen LogP) is 0.410. The number of hydrogen-bond donors (Lipinski definition) is 3. The second-order valence-electron chi connectivity index (χ2n) is 3.95. The van der Waals surface area contributed by atoms with Gasteiger partial charge in [-0.15, -0.1) is 0 Å². The molecular formula is C13H12N2O4. The molecule has 19 heavy (non-hydrogen) atoms. The normalized spacial score (nSPS) is 12.1. The fourth-order valence-corrected chi connectivity index (χ4v) is 1.56. The second kappa shape index (κ2) is 5.45. The lowest BCUT2D eigenvalue weighted by Crippen LogP contribution is -2.36. The first kappa shape index (κ1) is 13.0. The van der Waals surface area contributed by atoms with Crippen LogP contribution in [0.5, 0.6) is 0 Å². The van der Waals surface area contributed by atoms with E-state index in [0.29, 0.717) is 5.52 Å². The minimum absolute atomic E-state index is 0.177. The lowest BCUT2D eigenvalue weighted by atomic mass is 10.2. The van der Waals surface area contributed by atoms with Crippen molar-refractivity contribution in [2.24, 2.45) is 0 Å². The number of benzene rings is 1. The largest absolute Gasteiger partial charge is 0.479 e. The Bertz CT molecular complexity index is 627. The number of aliphatic hydroxyl groups excluding tert-OH is 1. The summed E-state index contributed by atoms with van der Waals surface area (Å²) >= 11 is 0. The molecular weight excluding hydrogens is 248 g/mol. The Morgan fingerprint density at radius 1 is 1.21 bits per heavy atom. The molecule has 1 aromatic heterocycles. The summed E-state index contributed by atoms with van der Waals surface area (Å²) in [5.74, 6) is -1.90. The van der Waals surface area contributed by atoms with Crippen molar-refractivity contribution in [3.8, 4) is 0 Å². The quantitative estimate of drug-likeness (QED) is 0.739. The Labute approximate surface area is 108 Å². The maximum absolute atomic E-state index is 11.7. The van der Waals surface area contributed by atoms with Crippen molar-refractivity contribution in [2.45, 2.75) is 6.10 Å². The highest BCUT2D eigenvalue weighted by Gasteiger charge is 2.15. The molecule has 0 spiro atoms. The summed E-state index contributed by atoms with van der Waals surface area (Å²) in [5, 5.41) is 20.8. The first-order valence-corrected chi connectivity index (χ1v) is 5.63. The van der Waals surface area contributed by atoms with Crippen LogP contribution in [0.3, 0.4) is 0 Å². The van der Waals surface area contributed by atoms with Crippen molar-refractivity contribution >= 4 is 22.8 Å². The number of hydrogen-bond acceptors (Lipinski definition) is 4. The molecule has 3 N–H and O–H groups in total. The molecule has 6 nitrogen and oxygen atoms in total. The van der Waals surface area contributed by atoms with Gasteiger partial charge in [-0.25, -0.2) is 9.78 Å². The molecule has 0 aliphatic rings. The summed E-state index contributed by atoms with van der Waals surface area (Å²) in [6.45, 7) is -0.358. The van der Waals surface area contributed by atoms with Gasteiger partial charge in [0, 0.05) is 5.39 Å². The lowest BCUT2D eigenvalue weighted by molar-refractivity contribution is -0.146. The monoisotopic (exact) mass is 260 g/mol. The van der Waals surface area contributed by atoms with Gasteiger partial charge in [-0.1, -0.05) is 24.3 Å². The topological polar surface area (TPSA) is 99.5 Å². The first-order valence-electron chi connectivity index (χ1n) is 5.63. The number of aliphatic carboxylic acids is 1. The minimum atomic E-state index is -1.62. The Hall–Kier alpha value is -2.47. The summed E-state index contributed by atoms with van der Waals surface area (Å²) in [6, 6.07) is 10.6. The number of carboxylic acids is 1. The molecule has 0 fully saturated rings. The van der Waals surface area contributed by atoms with Crippen molar-refractivity contribution in [3.63, 3.8) is 0 Å². The van der Waals surface area contributed by atoms with Gasteiger partial charge in [0.15, 0.2) is 6.10 Å². The van der Waals surface area contributed by atoms with Crippen LogP contribution in [0.4, 0.5) is 0 Å². The fraction of sp³-hybridized carbons (Fsp3) is 0.154. The molecule has 1 aromatic carbocycles. The van der Waals surface area contributed by atoms with Gasteiger partial charge < -0.3 is 15.5 Å². The van der Waals surface area contributed by atoms with Crippen LogP contribution in [0, 0.1) is 0 Å². The average molecular weight is 260 g/mol. The van der Waals surface area contributed by atoms with Crippen LogP contribution in [-0.4, -0.2) is 39.7 Å². The Balaban J connectivity index is 2.11. The molecule has 98 valence electrons. The third kappa shape index (κ3) is 3.05. The number of nitrogens with one attached hydrogen (secondary N) is 1. The van der Waals surface area contributed by atoms with Crippen LogP contribution in [0.1, 0.15) is 10.5 Å². The van der Waals surface area contributed by atoms with Crippen molar-refractivity contribution in [3.05, 3.63) is 42.1 Å². The van der Waals surface area contributed by atoms with Gasteiger partial charge >= 0.3 is 5.97 Å². The fourth-order valence-electron chi connectivity index (χ4n) is 1.56. The van der Waals surface area contributed by atoms with Crippen molar-refractivity contribution in [1.82, 2.24) is 10.3 Å². The van der Waals surface area contributed by atoms with Crippen LogP contribution in [0.15, 0.2) is 36.4 Å². The Morgan fingerprint density at radius 3 is 2.68 bits per heavy atom. The van der Waals surface area contributed by atoms with E-state index in [2.05, 4.69) is 10.3 Å². The van der Waals surface area contributed by atoms with Crippen LogP contribution >= 0.6 is 0 Å². The number of carbonyl (C=O) groups excluding carboxylic acids is 1. The molecule has 1 amide bonds. The van der Waals surface area contributed by atoms with Gasteiger partial charge in [0.05, 0.1) is 12.1 Å². The number of nitrogens with zero attached hydrogens (tertiary/aromatic N) is 1. The summed E-state index contributed by atoms with van der Waals surface area (Å²) in [6.07, 6.45) is -1.62. The highest BCUT2D eigenvalue weighted by molar-refractivity contribution is 5.95. The molecule has 0 aliphatic carbocycles. The van der Waals surface area contributed by atoms with E-state index in [0.717, 1.165) is 5.39 Å². The number of aromatic nitrogens is 1. The van der Waals surface area contributed by atoms with E-state index >= 15 is 0 Å². The number of carbonyl (C=O) groups is 2. The van der Waals surface area contributed by atoms with Crippen molar-refractivity contribution < 1.29 is 19.8 Å². The summed E-state index contributed by atoms with van der Waals surface area (Å²) in [5.41, 5.74) is 0.852. The van der Waals surface area contributed by atoms with Crippen LogP contribution in [0.25, 0.3) is 10.9 Å². The van der Waals surface area contributed by atoms with Crippen LogP contribution in [0.2, 0.25) is 0 Å². The number of aliphatic hydroxyl groups is 1. The molecule has 2 rings (SSSR count). The van der Waals surface area contributed by atoms with Gasteiger partial charge in [0.2, 0.25) is 0 Å². The van der Waals surface area contributed by atoms with E-state index in [-0.39, 0.29) is 12.2 Å².